The minimum atomic E-state index is -0.00241. The number of hydrogen-bond donors (Lipinski definition) is 1. The maximum atomic E-state index is 5.74. The van der Waals surface area contributed by atoms with Crippen LogP contribution in [0.5, 0.6) is 0 Å². The highest BCUT2D eigenvalue weighted by Gasteiger charge is 2.10. The van der Waals surface area contributed by atoms with Gasteiger partial charge in [0.15, 0.2) is 0 Å². The van der Waals surface area contributed by atoms with E-state index in [9.17, 15) is 0 Å². The first-order chi connectivity index (χ1) is 5.61. The van der Waals surface area contributed by atoms with Gasteiger partial charge in [-0.15, -0.1) is 0 Å². The van der Waals surface area contributed by atoms with Crippen molar-refractivity contribution in [1.82, 2.24) is 0 Å². The van der Waals surface area contributed by atoms with Crippen molar-refractivity contribution in [3.8, 4) is 0 Å². The normalized spacial score (nSPS) is 15.2. The Morgan fingerprint density at radius 2 is 2.08 bits per heavy atom. The number of amidine groups is 1. The van der Waals surface area contributed by atoms with E-state index >= 15 is 0 Å². The van der Waals surface area contributed by atoms with Gasteiger partial charge in [0.2, 0.25) is 0 Å². The summed E-state index contributed by atoms with van der Waals surface area (Å²) in [5, 5.41) is 0. The van der Waals surface area contributed by atoms with Gasteiger partial charge in [-0.1, -0.05) is 13.3 Å². The molecule has 0 spiro atoms. The van der Waals surface area contributed by atoms with E-state index in [1.807, 2.05) is 13.8 Å². The molecule has 0 bridgehead atoms. The Labute approximate surface area is 75.0 Å². The molecule has 0 rings (SSSR count). The fourth-order valence-corrected chi connectivity index (χ4v) is 1.03. The second-order valence-electron chi connectivity index (χ2n) is 3.16. The van der Waals surface area contributed by atoms with Crippen LogP contribution < -0.4 is 5.73 Å². The van der Waals surface area contributed by atoms with Crippen molar-refractivity contribution in [3.05, 3.63) is 0 Å². The molecule has 0 saturated heterocycles. The zero-order valence-electron chi connectivity index (χ0n) is 8.50. The molecule has 0 aliphatic carbocycles. The molecule has 0 aromatic carbocycles. The van der Waals surface area contributed by atoms with Crippen LogP contribution >= 0.6 is 0 Å². The van der Waals surface area contributed by atoms with Gasteiger partial charge in [0.1, 0.15) is 11.9 Å². The number of hydrogen-bond acceptors (Lipinski definition) is 2. The second-order valence-corrected chi connectivity index (χ2v) is 3.16. The van der Waals surface area contributed by atoms with Gasteiger partial charge in [0, 0.05) is 13.2 Å². The zero-order valence-corrected chi connectivity index (χ0v) is 8.50. The second kappa shape index (κ2) is 6.00. The molecule has 2 N–H and O–H groups in total. The lowest BCUT2D eigenvalue weighted by molar-refractivity contribution is 0.146. The van der Waals surface area contributed by atoms with Gasteiger partial charge in [0.05, 0.1) is 0 Å². The Kier molecular flexibility index (Phi) is 5.72. The van der Waals surface area contributed by atoms with Gasteiger partial charge in [-0.25, -0.2) is 0 Å². The lowest BCUT2D eigenvalue weighted by atomic mass is 10.2. The number of methoxy groups -OCH3 is 1. The molecule has 0 heterocycles. The molecule has 72 valence electrons. The predicted octanol–water partition coefficient (Wildman–Crippen LogP) is 1.57. The molecule has 12 heavy (non-hydrogen) atoms. The molecular weight excluding hydrogens is 152 g/mol. The fraction of sp³-hybridized carbons (Fsp3) is 0.889. The largest absolute Gasteiger partial charge is 0.385 e. The summed E-state index contributed by atoms with van der Waals surface area (Å²) in [7, 11) is 1.67. The first-order valence-corrected chi connectivity index (χ1v) is 4.47. The molecule has 1 unspecified atom stereocenters. The highest BCUT2D eigenvalue weighted by atomic mass is 16.5. The maximum Gasteiger partial charge on any atom is 0.123 e. The zero-order chi connectivity index (χ0) is 9.56. The molecule has 3 nitrogen and oxygen atoms in total. The minimum Gasteiger partial charge on any atom is -0.385 e. The van der Waals surface area contributed by atoms with E-state index in [0.717, 1.165) is 12.8 Å². The number of ether oxygens (including phenoxy) is 1. The van der Waals surface area contributed by atoms with Gasteiger partial charge in [0.25, 0.3) is 0 Å². The van der Waals surface area contributed by atoms with Crippen LogP contribution in [0.3, 0.4) is 0 Å². The Morgan fingerprint density at radius 1 is 1.50 bits per heavy atom. The highest BCUT2D eigenvalue weighted by Crippen LogP contribution is 2.02. The summed E-state index contributed by atoms with van der Waals surface area (Å²) in [6, 6.07) is 0.250. The molecule has 0 aliphatic rings. The van der Waals surface area contributed by atoms with Gasteiger partial charge in [-0.3, -0.25) is 4.99 Å². The summed E-state index contributed by atoms with van der Waals surface area (Å²) in [6.07, 6.45) is 2.00. The van der Waals surface area contributed by atoms with Crippen molar-refractivity contribution in [2.45, 2.75) is 45.8 Å². The van der Waals surface area contributed by atoms with Crippen molar-refractivity contribution in [3.63, 3.8) is 0 Å². The summed E-state index contributed by atoms with van der Waals surface area (Å²) in [4.78, 5) is 4.24. The van der Waals surface area contributed by atoms with Crippen LogP contribution in [0.1, 0.15) is 33.6 Å². The number of nitrogens with two attached hydrogens (primary N) is 1. The summed E-state index contributed by atoms with van der Waals surface area (Å²) in [5.41, 5.74) is 5.74. The van der Waals surface area contributed by atoms with E-state index in [4.69, 9.17) is 10.5 Å². The summed E-state index contributed by atoms with van der Waals surface area (Å²) in [6.45, 7) is 6.12. The van der Waals surface area contributed by atoms with Crippen LogP contribution in [0.4, 0.5) is 0 Å². The molecule has 1 atom stereocenters. The van der Waals surface area contributed by atoms with Crippen LogP contribution in [0.15, 0.2) is 4.99 Å². The summed E-state index contributed by atoms with van der Waals surface area (Å²) < 4.78 is 5.20. The standard InChI is InChI=1S/C9H20N2O/c1-5-6-8(12-4)9(10)11-7(2)3/h7-8H,5-6H2,1-4H3,(H2,10,11). The van der Waals surface area contributed by atoms with Gasteiger partial charge < -0.3 is 10.5 Å². The average Bonchev–Trinajstić information content (AvgIpc) is 1.98. The van der Waals surface area contributed by atoms with Crippen LogP contribution in [0, 0.1) is 0 Å². The van der Waals surface area contributed by atoms with Crippen molar-refractivity contribution in [2.75, 3.05) is 7.11 Å². The highest BCUT2D eigenvalue weighted by molar-refractivity contribution is 5.85. The lowest BCUT2D eigenvalue weighted by Gasteiger charge is -2.14. The Hall–Kier alpha value is -0.570. The van der Waals surface area contributed by atoms with Crippen LogP contribution in [0.25, 0.3) is 0 Å². The van der Waals surface area contributed by atoms with E-state index in [0.29, 0.717) is 5.84 Å². The van der Waals surface area contributed by atoms with Crippen LogP contribution in [-0.2, 0) is 4.74 Å². The van der Waals surface area contributed by atoms with Crippen LogP contribution in [0.2, 0.25) is 0 Å². The first-order valence-electron chi connectivity index (χ1n) is 4.47. The topological polar surface area (TPSA) is 47.6 Å². The SMILES string of the molecule is CCCC(OC)C(N)=NC(C)C. The van der Waals surface area contributed by atoms with E-state index in [1.54, 1.807) is 7.11 Å². The number of aliphatic imine (C=N–C) groups is 1. The monoisotopic (exact) mass is 172 g/mol. The predicted molar refractivity (Wildman–Crippen MR) is 52.5 cm³/mol. The summed E-state index contributed by atoms with van der Waals surface area (Å²) >= 11 is 0. The fourth-order valence-electron chi connectivity index (χ4n) is 1.03. The third kappa shape index (κ3) is 4.34. The van der Waals surface area contributed by atoms with Gasteiger partial charge >= 0.3 is 0 Å². The van der Waals surface area contributed by atoms with Gasteiger partial charge in [-0.05, 0) is 20.3 Å². The van der Waals surface area contributed by atoms with Crippen molar-refractivity contribution < 1.29 is 4.74 Å². The average molecular weight is 172 g/mol. The van der Waals surface area contributed by atoms with Crippen molar-refractivity contribution >= 4 is 5.84 Å². The molecule has 0 radical (unpaired) electrons. The number of nitrogens with zero attached hydrogens (tertiary/aromatic N) is 1. The van der Waals surface area contributed by atoms with Crippen LogP contribution in [-0.4, -0.2) is 25.1 Å². The first kappa shape index (κ1) is 11.4. The van der Waals surface area contributed by atoms with E-state index in [-0.39, 0.29) is 12.1 Å². The molecule has 0 aromatic rings. The maximum absolute atomic E-state index is 5.74. The van der Waals surface area contributed by atoms with Crippen molar-refractivity contribution in [2.24, 2.45) is 10.7 Å². The summed E-state index contributed by atoms with van der Waals surface area (Å²) in [5.74, 6) is 0.620. The molecule has 0 aliphatic heterocycles. The Morgan fingerprint density at radius 3 is 2.42 bits per heavy atom. The molecule has 0 saturated carbocycles. The van der Waals surface area contributed by atoms with Crippen molar-refractivity contribution in [1.29, 1.82) is 0 Å². The number of rotatable bonds is 5. The molecular formula is C9H20N2O. The minimum absolute atomic E-state index is 0.00241. The smallest absolute Gasteiger partial charge is 0.123 e. The molecule has 0 aromatic heterocycles. The van der Waals surface area contributed by atoms with Gasteiger partial charge in [-0.2, -0.15) is 0 Å². The third-order valence-corrected chi connectivity index (χ3v) is 1.57. The third-order valence-electron chi connectivity index (χ3n) is 1.57. The lowest BCUT2D eigenvalue weighted by Crippen LogP contribution is -2.31. The van der Waals surface area contributed by atoms with E-state index in [2.05, 4.69) is 11.9 Å². The molecule has 0 fully saturated rings. The Balaban J connectivity index is 4.09. The Bertz CT molecular complexity index is 143. The molecule has 0 amide bonds. The van der Waals surface area contributed by atoms with E-state index in [1.165, 1.54) is 0 Å². The van der Waals surface area contributed by atoms with E-state index < -0.39 is 0 Å². The molecule has 3 heteroatoms. The quantitative estimate of drug-likeness (QED) is 0.505.